The van der Waals surface area contributed by atoms with Crippen molar-refractivity contribution in [1.82, 2.24) is 19.7 Å². The highest BCUT2D eigenvalue weighted by molar-refractivity contribution is 14.1. The number of methoxy groups -OCH3 is 3. The minimum Gasteiger partial charge on any atom is -0.497 e. The molecule has 2 heterocycles. The lowest BCUT2D eigenvalue weighted by molar-refractivity contribution is 0.0600. The molecule has 0 spiro atoms. The van der Waals surface area contributed by atoms with Crippen LogP contribution in [0.5, 0.6) is 23.1 Å². The van der Waals surface area contributed by atoms with E-state index >= 15 is 0 Å². The number of hydrogen-bond acceptors (Lipinski definition) is 10. The van der Waals surface area contributed by atoms with E-state index in [1.54, 1.807) is 54.4 Å². The number of nitrogens with zero attached hydrogens (tertiary/aromatic N) is 4. The number of rotatable bonds is 10. The molecule has 3 N–H and O–H groups in total. The molecular formula is C39H40IN7O6. The van der Waals surface area contributed by atoms with Crippen molar-refractivity contribution in [2.75, 3.05) is 42.2 Å². The zero-order chi connectivity index (χ0) is 38.8. The predicted octanol–water partition coefficient (Wildman–Crippen LogP) is 9.15. The number of nitrogens with one attached hydrogen (secondary N) is 3. The van der Waals surface area contributed by atoms with E-state index in [1.165, 1.54) is 14.2 Å². The van der Waals surface area contributed by atoms with Gasteiger partial charge >= 0.3 is 12.0 Å². The number of halogens is 1. The van der Waals surface area contributed by atoms with Crippen LogP contribution in [-0.4, -0.2) is 58.0 Å². The van der Waals surface area contributed by atoms with Crippen LogP contribution in [0.1, 0.15) is 38.2 Å². The third-order valence-electron chi connectivity index (χ3n) is 7.83. The lowest BCUT2D eigenvalue weighted by Gasteiger charge is -2.14. The molecule has 6 rings (SSSR count). The van der Waals surface area contributed by atoms with Gasteiger partial charge in [0.15, 0.2) is 0 Å². The van der Waals surface area contributed by atoms with E-state index in [0.717, 1.165) is 22.2 Å². The van der Waals surface area contributed by atoms with E-state index in [4.69, 9.17) is 25.4 Å². The molecule has 0 fully saturated rings. The molecule has 0 aliphatic heterocycles. The van der Waals surface area contributed by atoms with Gasteiger partial charge in [0.05, 0.1) is 44.0 Å². The second kappa shape index (κ2) is 17.1. The van der Waals surface area contributed by atoms with E-state index in [-0.39, 0.29) is 17.2 Å². The summed E-state index contributed by atoms with van der Waals surface area (Å²) in [5.41, 5.74) is 2.74. The maximum Gasteiger partial charge on any atom is 0.338 e. The molecule has 0 aliphatic rings. The molecule has 0 atom stereocenters. The Labute approximate surface area is 322 Å². The van der Waals surface area contributed by atoms with Gasteiger partial charge in [-0.1, -0.05) is 67.6 Å². The normalized spacial score (nSPS) is 11.0. The number of esters is 1. The van der Waals surface area contributed by atoms with Crippen molar-refractivity contribution < 1.29 is 29.9 Å². The third kappa shape index (κ3) is 9.32. The number of aromatic nitrogens is 4. The van der Waals surface area contributed by atoms with Crippen LogP contribution in [-0.2, 0) is 10.2 Å². The Bertz CT molecular complexity index is 2240. The molecule has 0 saturated heterocycles. The number of carbonyl (C=O) groups is 2. The molecule has 13 nitrogen and oxygen atoms in total. The summed E-state index contributed by atoms with van der Waals surface area (Å²) in [4.78, 5) is 34.9. The fourth-order valence-corrected chi connectivity index (χ4v) is 5.22. The summed E-state index contributed by atoms with van der Waals surface area (Å²) in [6.45, 7) is 6.19. The molecule has 4 aromatic carbocycles. The van der Waals surface area contributed by atoms with Gasteiger partial charge in [-0.05, 0) is 53.4 Å². The zero-order valence-electron chi connectivity index (χ0n) is 31.1. The fourth-order valence-electron chi connectivity index (χ4n) is 5.22. The van der Waals surface area contributed by atoms with Crippen LogP contribution >= 0.6 is 22.6 Å². The number of alkyl halides is 1. The van der Waals surface area contributed by atoms with Crippen LogP contribution in [0.15, 0.2) is 97.2 Å². The van der Waals surface area contributed by atoms with Crippen LogP contribution in [0.3, 0.4) is 0 Å². The number of carbonyl (C=O) groups excluding carboxylic acids is 2. The van der Waals surface area contributed by atoms with Gasteiger partial charge in [0.1, 0.15) is 23.1 Å². The number of fused-ring (bicyclic) bond motifs is 1. The summed E-state index contributed by atoms with van der Waals surface area (Å²) in [6.07, 6.45) is 1.55. The number of hydrogen-bond donors (Lipinski definition) is 3. The van der Waals surface area contributed by atoms with Gasteiger partial charge in [-0.25, -0.2) is 19.3 Å². The van der Waals surface area contributed by atoms with Crippen LogP contribution in [0.25, 0.3) is 16.5 Å². The van der Waals surface area contributed by atoms with Crippen LogP contribution in [0.2, 0.25) is 0 Å². The minimum absolute atomic E-state index is 0.235. The van der Waals surface area contributed by atoms with Gasteiger partial charge in [0.2, 0.25) is 11.8 Å². The molecule has 0 radical (unpaired) electrons. The summed E-state index contributed by atoms with van der Waals surface area (Å²) in [5.74, 6) is 2.20. The summed E-state index contributed by atoms with van der Waals surface area (Å²) in [6, 6.07) is 26.5. The van der Waals surface area contributed by atoms with E-state index in [9.17, 15) is 9.59 Å². The van der Waals surface area contributed by atoms with Crippen molar-refractivity contribution in [2.24, 2.45) is 0 Å². The maximum atomic E-state index is 13.5. The summed E-state index contributed by atoms with van der Waals surface area (Å²) in [5, 5.41) is 15.3. The Morgan fingerprint density at radius 3 is 2.25 bits per heavy atom. The SMILES string of the molecule is COC(=O)c1cc(Nc2nccc(Oc3ccc(NC(=O)Nc4cc(C(C)(C)C)nn4-c4ccc(OC)cc4)c4ccccc34)n2)cc(OC)c1.[2H]CI. The number of ether oxygens (including phenoxy) is 4. The van der Waals surface area contributed by atoms with Gasteiger partial charge in [0, 0.05) is 47.6 Å². The number of amides is 2. The average molecular weight is 831 g/mol. The highest BCUT2D eigenvalue weighted by Gasteiger charge is 2.22. The third-order valence-corrected chi connectivity index (χ3v) is 7.83. The first-order chi connectivity index (χ1) is 26.0. The standard InChI is InChI=1S/C38H37N7O6.CH3I/c1-38(2,3)32-22-33(45(44-32)25-11-13-26(48-4)14-12-25)42-37(47)41-30-15-16-31(29-10-8-7-9-28(29)30)51-34-17-18-39-36(43-34)40-24-19-23(35(46)50-6)20-27(21-24)49-5;1-2/h7-22H,1-6H3,(H,39,40,43)(H2,41,42,47);1H3/i;1D. The van der Waals surface area contributed by atoms with Crippen molar-refractivity contribution in [3.8, 4) is 28.8 Å². The van der Waals surface area contributed by atoms with Crippen molar-refractivity contribution in [1.29, 1.82) is 0 Å². The zero-order valence-corrected chi connectivity index (χ0v) is 32.2. The van der Waals surface area contributed by atoms with Crippen LogP contribution < -0.4 is 30.2 Å². The van der Waals surface area contributed by atoms with E-state index in [2.05, 4.69) is 46.7 Å². The molecule has 2 aromatic heterocycles. The summed E-state index contributed by atoms with van der Waals surface area (Å²) >= 11 is 1.96. The van der Waals surface area contributed by atoms with E-state index < -0.39 is 12.0 Å². The molecule has 14 heteroatoms. The van der Waals surface area contributed by atoms with E-state index in [0.29, 0.717) is 44.9 Å². The Morgan fingerprint density at radius 2 is 1.57 bits per heavy atom. The average Bonchev–Trinajstić information content (AvgIpc) is 3.60. The quantitative estimate of drug-likeness (QED) is 0.0693. The second-order valence-electron chi connectivity index (χ2n) is 12.4. The molecule has 0 saturated carbocycles. The Kier molecular flexibility index (Phi) is 11.9. The van der Waals surface area contributed by atoms with Crippen molar-refractivity contribution in [2.45, 2.75) is 26.2 Å². The second-order valence-corrected chi connectivity index (χ2v) is 12.4. The lowest BCUT2D eigenvalue weighted by atomic mass is 9.92. The van der Waals surface area contributed by atoms with Crippen molar-refractivity contribution in [3.05, 3.63) is 108 Å². The first-order valence-electron chi connectivity index (χ1n) is 16.9. The number of anilines is 4. The Hall–Kier alpha value is -5.90. The number of urea groups is 1. The molecule has 6 aromatic rings. The monoisotopic (exact) mass is 830 g/mol. The van der Waals surface area contributed by atoms with Gasteiger partial charge in [-0.15, -0.1) is 0 Å². The van der Waals surface area contributed by atoms with Crippen LogP contribution in [0, 0.1) is 0 Å². The first kappa shape index (κ1) is 36.9. The largest absolute Gasteiger partial charge is 0.497 e. The highest BCUT2D eigenvalue weighted by Crippen LogP contribution is 2.35. The van der Waals surface area contributed by atoms with Gasteiger partial charge < -0.3 is 29.6 Å². The highest BCUT2D eigenvalue weighted by atomic mass is 127. The van der Waals surface area contributed by atoms with Crippen molar-refractivity contribution in [3.63, 3.8) is 0 Å². The van der Waals surface area contributed by atoms with Crippen LogP contribution in [0.4, 0.5) is 27.9 Å². The first-order valence-corrected chi connectivity index (χ1v) is 17.7. The van der Waals surface area contributed by atoms with Crippen molar-refractivity contribution >= 4 is 68.5 Å². The fraction of sp³-hybridized carbons (Fsp3) is 0.205. The molecule has 0 aliphatic carbocycles. The van der Waals surface area contributed by atoms with Gasteiger partial charge in [0.25, 0.3) is 0 Å². The van der Waals surface area contributed by atoms with Gasteiger partial charge in [-0.3, -0.25) is 5.32 Å². The summed E-state index contributed by atoms with van der Waals surface area (Å²) in [7, 11) is 4.42. The predicted molar refractivity (Wildman–Crippen MR) is 215 cm³/mol. The molecule has 0 unspecified atom stereocenters. The Balaban J connectivity index is 0.00000181. The summed E-state index contributed by atoms with van der Waals surface area (Å²) < 4.78 is 29.6. The van der Waals surface area contributed by atoms with Gasteiger partial charge in [-0.2, -0.15) is 10.1 Å². The molecule has 53 heavy (non-hydrogen) atoms. The lowest BCUT2D eigenvalue weighted by Crippen LogP contribution is -2.21. The smallest absolute Gasteiger partial charge is 0.338 e. The topological polar surface area (TPSA) is 151 Å². The molecule has 2 amide bonds. The molecule has 274 valence electrons. The number of benzene rings is 4. The molecular weight excluding hydrogens is 789 g/mol. The Morgan fingerprint density at radius 1 is 0.849 bits per heavy atom. The van der Waals surface area contributed by atoms with E-state index in [1.807, 2.05) is 77.2 Å². The maximum absolute atomic E-state index is 13.5. The minimum atomic E-state index is -0.507. The molecule has 0 bridgehead atoms.